The maximum absolute atomic E-state index is 13.7. The molecular formula is C22H29Cl3FN5O2. The van der Waals surface area contributed by atoms with Gasteiger partial charge in [0.1, 0.15) is 18.0 Å². The van der Waals surface area contributed by atoms with Gasteiger partial charge in [-0.05, 0) is 43.4 Å². The molecule has 11 heteroatoms. The van der Waals surface area contributed by atoms with Crippen molar-refractivity contribution in [3.63, 3.8) is 0 Å². The number of hydrogen-bond acceptors (Lipinski definition) is 6. The van der Waals surface area contributed by atoms with Gasteiger partial charge in [0.05, 0.1) is 22.9 Å². The molecule has 33 heavy (non-hydrogen) atoms. The summed E-state index contributed by atoms with van der Waals surface area (Å²) >= 11 is 5.72. The molecule has 1 aliphatic heterocycles. The van der Waals surface area contributed by atoms with E-state index in [-0.39, 0.29) is 54.1 Å². The molecule has 182 valence electrons. The van der Waals surface area contributed by atoms with Crippen LogP contribution in [0.1, 0.15) is 49.1 Å². The molecule has 0 spiro atoms. The number of benzene rings is 1. The summed E-state index contributed by atoms with van der Waals surface area (Å²) in [6.07, 6.45) is 1.84. The molecular weight excluding hydrogens is 492 g/mol. The number of carbonyl (C=O) groups is 1. The molecule has 1 amide bonds. The van der Waals surface area contributed by atoms with Crippen LogP contribution in [0, 0.1) is 5.82 Å². The highest BCUT2D eigenvalue weighted by Gasteiger charge is 2.36. The minimum Gasteiger partial charge on any atom is -0.387 e. The minimum absolute atomic E-state index is 0. The van der Waals surface area contributed by atoms with E-state index in [1.807, 2.05) is 6.92 Å². The quantitative estimate of drug-likeness (QED) is 0.642. The predicted molar refractivity (Wildman–Crippen MR) is 131 cm³/mol. The summed E-state index contributed by atoms with van der Waals surface area (Å²) in [4.78, 5) is 25.7. The van der Waals surface area contributed by atoms with Crippen molar-refractivity contribution >= 4 is 48.1 Å². The molecule has 2 aliphatic rings. The van der Waals surface area contributed by atoms with Gasteiger partial charge in [-0.25, -0.2) is 14.4 Å². The van der Waals surface area contributed by atoms with E-state index < -0.39 is 18.0 Å². The first-order valence-corrected chi connectivity index (χ1v) is 10.9. The standard InChI is InChI=1S/C22H27ClFN5O2.2ClH/c1-12-7-18(30)20-19(12)21(27-11-26-20)29-6-5-28(10-13(29)2)22(31)17(25)9-14-3-4-15(23)16(24)8-14;;/h3-4,8,11-13,17-18,30H,5-7,9-10,25H2,1-2H3;2*1H/t12-,13+,17-,18-;;/m1../s1. The summed E-state index contributed by atoms with van der Waals surface area (Å²) in [6.45, 7) is 5.76. The largest absolute Gasteiger partial charge is 0.387 e. The van der Waals surface area contributed by atoms with Crippen molar-refractivity contribution in [3.05, 3.63) is 52.2 Å². The molecule has 0 unspecified atom stereocenters. The van der Waals surface area contributed by atoms with E-state index in [0.29, 0.717) is 37.3 Å². The zero-order valence-corrected chi connectivity index (χ0v) is 20.8. The molecule has 0 saturated carbocycles. The third-order valence-corrected chi connectivity index (χ3v) is 6.55. The van der Waals surface area contributed by atoms with Gasteiger partial charge in [0.15, 0.2) is 0 Å². The molecule has 1 aromatic heterocycles. The van der Waals surface area contributed by atoms with E-state index in [1.54, 1.807) is 11.0 Å². The van der Waals surface area contributed by atoms with Crippen LogP contribution in [0.15, 0.2) is 24.5 Å². The second kappa shape index (κ2) is 11.1. The first-order chi connectivity index (χ1) is 14.8. The fourth-order valence-electron chi connectivity index (χ4n) is 4.65. The summed E-state index contributed by atoms with van der Waals surface area (Å²) in [6, 6.07) is 3.76. The van der Waals surface area contributed by atoms with Crippen molar-refractivity contribution < 1.29 is 14.3 Å². The van der Waals surface area contributed by atoms with E-state index in [0.717, 1.165) is 11.4 Å². The zero-order valence-electron chi connectivity index (χ0n) is 18.4. The van der Waals surface area contributed by atoms with Crippen molar-refractivity contribution in [1.82, 2.24) is 14.9 Å². The van der Waals surface area contributed by atoms with Crippen LogP contribution in [0.2, 0.25) is 5.02 Å². The van der Waals surface area contributed by atoms with Gasteiger partial charge in [-0.1, -0.05) is 24.6 Å². The molecule has 2 aromatic rings. The summed E-state index contributed by atoms with van der Waals surface area (Å²) < 4.78 is 13.7. The fraction of sp³-hybridized carbons (Fsp3) is 0.500. The number of amides is 1. The zero-order chi connectivity index (χ0) is 22.3. The lowest BCUT2D eigenvalue weighted by Gasteiger charge is -2.42. The monoisotopic (exact) mass is 519 g/mol. The average Bonchev–Trinajstić information content (AvgIpc) is 3.04. The second-order valence-corrected chi connectivity index (χ2v) is 8.94. The Bertz CT molecular complexity index is 998. The highest BCUT2D eigenvalue weighted by molar-refractivity contribution is 6.30. The van der Waals surface area contributed by atoms with Crippen LogP contribution in [0.3, 0.4) is 0 Å². The topological polar surface area (TPSA) is 95.6 Å². The summed E-state index contributed by atoms with van der Waals surface area (Å²) in [5.41, 5.74) is 8.51. The van der Waals surface area contributed by atoms with Crippen molar-refractivity contribution in [3.8, 4) is 0 Å². The number of fused-ring (bicyclic) bond motifs is 1. The van der Waals surface area contributed by atoms with E-state index in [1.165, 1.54) is 18.5 Å². The van der Waals surface area contributed by atoms with Crippen molar-refractivity contribution in [2.45, 2.75) is 50.8 Å². The number of aliphatic hydroxyl groups excluding tert-OH is 1. The van der Waals surface area contributed by atoms with E-state index in [4.69, 9.17) is 17.3 Å². The predicted octanol–water partition coefficient (Wildman–Crippen LogP) is 3.26. The SMILES string of the molecule is C[C@@H]1C[C@@H](O)c2ncnc(N3CCN(C(=O)[C@H](N)Cc4ccc(Cl)c(F)c4)C[C@@H]3C)c21.Cl.Cl. The van der Waals surface area contributed by atoms with Gasteiger partial charge in [0.2, 0.25) is 5.91 Å². The highest BCUT2D eigenvalue weighted by Crippen LogP contribution is 2.43. The number of carbonyl (C=O) groups excluding carboxylic acids is 1. The normalized spacial score (nSPS) is 22.8. The van der Waals surface area contributed by atoms with Gasteiger partial charge >= 0.3 is 0 Å². The number of aliphatic hydroxyl groups is 1. The van der Waals surface area contributed by atoms with E-state index in [2.05, 4.69) is 21.8 Å². The van der Waals surface area contributed by atoms with Gasteiger partial charge in [0.25, 0.3) is 0 Å². The summed E-state index contributed by atoms with van der Waals surface area (Å²) in [5.74, 6) is 0.354. The Morgan fingerprint density at radius 1 is 1.30 bits per heavy atom. The van der Waals surface area contributed by atoms with Crippen molar-refractivity contribution in [2.24, 2.45) is 5.73 Å². The van der Waals surface area contributed by atoms with Gasteiger partial charge in [0, 0.05) is 31.2 Å². The lowest BCUT2D eigenvalue weighted by atomic mass is 10.0. The Balaban J connectivity index is 0.00000193. The van der Waals surface area contributed by atoms with Crippen LogP contribution in [0.25, 0.3) is 0 Å². The van der Waals surface area contributed by atoms with Crippen LogP contribution in [0.4, 0.5) is 10.2 Å². The molecule has 4 rings (SSSR count). The number of halogens is 4. The molecule has 0 bridgehead atoms. The highest BCUT2D eigenvalue weighted by atomic mass is 35.5. The lowest BCUT2D eigenvalue weighted by Crippen LogP contribution is -2.57. The first-order valence-electron chi connectivity index (χ1n) is 10.5. The van der Waals surface area contributed by atoms with Gasteiger partial charge in [-0.3, -0.25) is 4.79 Å². The molecule has 1 saturated heterocycles. The Kier molecular flexibility index (Phi) is 9.30. The Morgan fingerprint density at radius 2 is 2.03 bits per heavy atom. The van der Waals surface area contributed by atoms with Gasteiger partial charge in [-0.15, -0.1) is 24.8 Å². The van der Waals surface area contributed by atoms with Crippen LogP contribution >= 0.6 is 36.4 Å². The number of piperazine rings is 1. The molecule has 7 nitrogen and oxygen atoms in total. The summed E-state index contributed by atoms with van der Waals surface area (Å²) in [7, 11) is 0. The lowest BCUT2D eigenvalue weighted by molar-refractivity contribution is -0.133. The van der Waals surface area contributed by atoms with Crippen LogP contribution < -0.4 is 10.6 Å². The molecule has 1 fully saturated rings. The van der Waals surface area contributed by atoms with Crippen LogP contribution in [-0.4, -0.2) is 57.6 Å². The third-order valence-electron chi connectivity index (χ3n) is 6.25. The number of anilines is 1. The van der Waals surface area contributed by atoms with Gasteiger partial charge < -0.3 is 20.6 Å². The Morgan fingerprint density at radius 3 is 2.70 bits per heavy atom. The number of nitrogens with two attached hydrogens (primary N) is 1. The molecule has 3 N–H and O–H groups in total. The minimum atomic E-state index is -0.752. The van der Waals surface area contributed by atoms with E-state index in [9.17, 15) is 14.3 Å². The smallest absolute Gasteiger partial charge is 0.239 e. The maximum Gasteiger partial charge on any atom is 0.239 e. The first kappa shape index (κ1) is 27.5. The average molecular weight is 521 g/mol. The summed E-state index contributed by atoms with van der Waals surface area (Å²) in [5, 5.41) is 10.3. The maximum atomic E-state index is 13.7. The fourth-order valence-corrected chi connectivity index (χ4v) is 4.76. The van der Waals surface area contributed by atoms with Crippen LogP contribution in [0.5, 0.6) is 0 Å². The Labute approximate surface area is 210 Å². The van der Waals surface area contributed by atoms with Crippen molar-refractivity contribution in [2.75, 3.05) is 24.5 Å². The second-order valence-electron chi connectivity index (χ2n) is 8.53. The number of hydrogen-bond donors (Lipinski definition) is 2. The number of rotatable bonds is 4. The molecule has 1 aliphatic carbocycles. The van der Waals surface area contributed by atoms with E-state index >= 15 is 0 Å². The van der Waals surface area contributed by atoms with Gasteiger partial charge in [-0.2, -0.15) is 0 Å². The van der Waals surface area contributed by atoms with Crippen molar-refractivity contribution in [1.29, 1.82) is 0 Å². The molecule has 4 atom stereocenters. The third kappa shape index (κ3) is 5.52. The van der Waals surface area contributed by atoms with Crippen LogP contribution in [-0.2, 0) is 11.2 Å². The molecule has 2 heterocycles. The Hall–Kier alpha value is -1.71. The molecule has 1 aromatic carbocycles. The molecule has 0 radical (unpaired) electrons. The number of aromatic nitrogens is 2. The number of nitrogens with zero attached hydrogens (tertiary/aromatic N) is 4.